The van der Waals surface area contributed by atoms with Crippen LogP contribution in [0, 0.1) is 6.92 Å². The Morgan fingerprint density at radius 2 is 2.09 bits per heavy atom. The number of hydrazone groups is 1. The molecule has 1 aliphatic rings. The van der Waals surface area contributed by atoms with Crippen molar-refractivity contribution in [2.75, 3.05) is 20.7 Å². The largest absolute Gasteiger partial charge is 0.495 e. The molecule has 1 amide bonds. The number of carbonyl (C=O) groups is 1. The number of likely N-dealkylation sites (N-methyl/N-ethyl adjacent to an activating group) is 1. The minimum atomic E-state index is -0.634. The maximum absolute atomic E-state index is 13.0. The highest BCUT2D eigenvalue weighted by atomic mass is 16.5. The van der Waals surface area contributed by atoms with Crippen LogP contribution in [0.3, 0.4) is 0 Å². The Hall–Kier alpha value is -3.94. The lowest BCUT2D eigenvalue weighted by atomic mass is 9.99. The Morgan fingerprint density at radius 3 is 2.81 bits per heavy atom. The molecule has 1 atom stereocenters. The van der Waals surface area contributed by atoms with Crippen molar-refractivity contribution in [3.8, 4) is 11.4 Å². The summed E-state index contributed by atoms with van der Waals surface area (Å²) in [5, 5.41) is 3.92. The van der Waals surface area contributed by atoms with E-state index in [0.717, 1.165) is 34.5 Å². The Balaban J connectivity index is 1.67. The van der Waals surface area contributed by atoms with Crippen molar-refractivity contribution >= 4 is 17.8 Å². The third-order valence-corrected chi connectivity index (χ3v) is 5.63. The Kier molecular flexibility index (Phi) is 6.02. The zero-order valence-corrected chi connectivity index (χ0v) is 18.4. The summed E-state index contributed by atoms with van der Waals surface area (Å²) in [6.07, 6.45) is 6.02. The number of hydrogen-bond donors (Lipinski definition) is 1. The number of nitrogens with two attached hydrogens (primary N) is 1. The van der Waals surface area contributed by atoms with Gasteiger partial charge in [-0.3, -0.25) is 9.79 Å². The predicted octanol–water partition coefficient (Wildman–Crippen LogP) is 2.68. The van der Waals surface area contributed by atoms with Crippen LogP contribution >= 0.6 is 0 Å². The molecule has 2 N–H and O–H groups in total. The summed E-state index contributed by atoms with van der Waals surface area (Å²) in [7, 11) is 3.41. The summed E-state index contributed by atoms with van der Waals surface area (Å²) >= 11 is 0. The van der Waals surface area contributed by atoms with Crippen LogP contribution in [0.15, 0.2) is 65.1 Å². The van der Waals surface area contributed by atoms with Crippen molar-refractivity contribution in [1.29, 1.82) is 0 Å². The van der Waals surface area contributed by atoms with Gasteiger partial charge in [-0.05, 0) is 36.6 Å². The minimum absolute atomic E-state index is 0.0500. The molecule has 2 heterocycles. The molecule has 0 saturated heterocycles. The molecule has 0 radical (unpaired) electrons. The summed E-state index contributed by atoms with van der Waals surface area (Å²) in [4.78, 5) is 23.6. The number of aryl methyl sites for hydroxylation is 1. The summed E-state index contributed by atoms with van der Waals surface area (Å²) in [5.41, 5.74) is 4.98. The summed E-state index contributed by atoms with van der Waals surface area (Å²) in [5.74, 6) is 6.29. The molecule has 0 spiro atoms. The smallest absolute Gasteiger partial charge is 0.251 e. The van der Waals surface area contributed by atoms with Gasteiger partial charge in [0.2, 0.25) is 0 Å². The van der Waals surface area contributed by atoms with E-state index in [1.54, 1.807) is 31.6 Å². The van der Waals surface area contributed by atoms with E-state index in [0.29, 0.717) is 18.0 Å². The highest BCUT2D eigenvalue weighted by molar-refractivity contribution is 6.38. The fourth-order valence-corrected chi connectivity index (χ4v) is 3.84. The molecule has 1 aliphatic heterocycles. The number of imidazole rings is 1. The highest BCUT2D eigenvalue weighted by Crippen LogP contribution is 2.28. The topological polar surface area (TPSA) is 98.1 Å². The maximum Gasteiger partial charge on any atom is 0.251 e. The van der Waals surface area contributed by atoms with Crippen LogP contribution in [0.4, 0.5) is 0 Å². The van der Waals surface area contributed by atoms with Crippen LogP contribution in [-0.2, 0) is 11.2 Å². The number of methoxy groups -OCH3 is 1. The van der Waals surface area contributed by atoms with Crippen molar-refractivity contribution in [2.45, 2.75) is 19.4 Å². The second kappa shape index (κ2) is 9.05. The molecule has 0 bridgehead atoms. The fourth-order valence-electron chi connectivity index (χ4n) is 3.84. The predicted molar refractivity (Wildman–Crippen MR) is 125 cm³/mol. The van der Waals surface area contributed by atoms with Gasteiger partial charge in [-0.1, -0.05) is 30.3 Å². The number of ether oxygens (including phenoxy) is 1. The van der Waals surface area contributed by atoms with E-state index in [9.17, 15) is 4.79 Å². The summed E-state index contributed by atoms with van der Waals surface area (Å²) in [6.45, 7) is 2.59. The summed E-state index contributed by atoms with van der Waals surface area (Å²) in [6, 6.07) is 12.9. The number of aliphatic imine (C=N–C) groups is 1. The van der Waals surface area contributed by atoms with Crippen LogP contribution in [-0.4, -0.2) is 53.0 Å². The molecule has 0 saturated carbocycles. The number of aromatic nitrogens is 2. The van der Waals surface area contributed by atoms with E-state index in [1.165, 1.54) is 0 Å². The molecule has 1 aromatic heterocycles. The molecule has 0 aliphatic carbocycles. The highest BCUT2D eigenvalue weighted by Gasteiger charge is 2.28. The lowest BCUT2D eigenvalue weighted by Crippen LogP contribution is -2.30. The van der Waals surface area contributed by atoms with Crippen molar-refractivity contribution < 1.29 is 9.53 Å². The quantitative estimate of drug-likeness (QED) is 0.382. The lowest BCUT2D eigenvalue weighted by molar-refractivity contribution is -0.131. The van der Waals surface area contributed by atoms with Crippen molar-refractivity contribution in [3.05, 3.63) is 77.4 Å². The van der Waals surface area contributed by atoms with E-state index < -0.39 is 6.04 Å². The monoisotopic (exact) mass is 430 g/mol. The molecule has 8 nitrogen and oxygen atoms in total. The first-order chi connectivity index (χ1) is 15.5. The molecule has 32 heavy (non-hydrogen) atoms. The van der Waals surface area contributed by atoms with Gasteiger partial charge < -0.3 is 20.0 Å². The molecule has 0 fully saturated rings. The van der Waals surface area contributed by atoms with Crippen molar-refractivity contribution in [2.24, 2.45) is 15.9 Å². The van der Waals surface area contributed by atoms with Crippen LogP contribution in [0.5, 0.6) is 5.75 Å². The standard InChI is InChI=1S/C24H26N6O2/c1-16-14-30(15-27-16)21-9-8-18(12-22(21)32-3)20(28-25)13-26-23-19-7-5-4-6-17(19)10-11-29(2)24(23)31/h4-9,12-15,23H,10-11,25H2,1-3H3/b26-13?,28-20+/t23-/m1/s1. The molecule has 2 aromatic carbocycles. The number of nitrogens with zero attached hydrogens (tertiary/aromatic N) is 5. The van der Waals surface area contributed by atoms with Crippen LogP contribution in [0.2, 0.25) is 0 Å². The molecular formula is C24H26N6O2. The van der Waals surface area contributed by atoms with E-state index in [2.05, 4.69) is 15.1 Å². The molecule has 4 rings (SSSR count). The summed E-state index contributed by atoms with van der Waals surface area (Å²) < 4.78 is 7.47. The van der Waals surface area contributed by atoms with E-state index in [4.69, 9.17) is 10.6 Å². The van der Waals surface area contributed by atoms with Crippen molar-refractivity contribution in [3.63, 3.8) is 0 Å². The third-order valence-electron chi connectivity index (χ3n) is 5.63. The second-order valence-corrected chi connectivity index (χ2v) is 7.71. The van der Waals surface area contributed by atoms with Crippen LogP contribution < -0.4 is 10.6 Å². The van der Waals surface area contributed by atoms with E-state index >= 15 is 0 Å². The number of benzene rings is 2. The zero-order chi connectivity index (χ0) is 22.7. The molecular weight excluding hydrogens is 404 g/mol. The minimum Gasteiger partial charge on any atom is -0.495 e. The maximum atomic E-state index is 13.0. The Bertz CT molecular complexity index is 1200. The van der Waals surface area contributed by atoms with E-state index in [1.807, 2.05) is 60.2 Å². The van der Waals surface area contributed by atoms with Crippen molar-refractivity contribution in [1.82, 2.24) is 14.5 Å². The van der Waals surface area contributed by atoms with E-state index in [-0.39, 0.29) is 5.91 Å². The van der Waals surface area contributed by atoms with Crippen LogP contribution in [0.1, 0.15) is 28.4 Å². The fraction of sp³-hybridized carbons (Fsp3) is 0.250. The molecule has 3 aromatic rings. The van der Waals surface area contributed by atoms with Gasteiger partial charge in [-0.15, -0.1) is 0 Å². The van der Waals surface area contributed by atoms with Gasteiger partial charge in [0.05, 0.1) is 31.0 Å². The van der Waals surface area contributed by atoms with Gasteiger partial charge in [0.1, 0.15) is 11.5 Å². The number of fused-ring (bicyclic) bond motifs is 1. The number of carbonyl (C=O) groups excluding carboxylic acids is 1. The van der Waals surface area contributed by atoms with Gasteiger partial charge in [0, 0.05) is 25.4 Å². The lowest BCUT2D eigenvalue weighted by Gasteiger charge is -2.18. The Morgan fingerprint density at radius 1 is 1.28 bits per heavy atom. The van der Waals surface area contributed by atoms with Gasteiger partial charge in [-0.25, -0.2) is 4.98 Å². The third kappa shape index (κ3) is 4.12. The molecule has 0 unspecified atom stereocenters. The molecule has 164 valence electrons. The van der Waals surface area contributed by atoms with Gasteiger partial charge in [0.15, 0.2) is 6.04 Å². The number of amides is 1. The second-order valence-electron chi connectivity index (χ2n) is 7.71. The molecule has 8 heteroatoms. The van der Waals surface area contributed by atoms with Gasteiger partial charge >= 0.3 is 0 Å². The first-order valence-corrected chi connectivity index (χ1v) is 10.3. The average Bonchev–Trinajstić information content (AvgIpc) is 3.21. The SMILES string of the molecule is COc1cc(/C(C=N[C@H]2C(=O)N(C)CCc3ccccc32)=N/N)ccc1-n1cnc(C)c1. The first kappa shape index (κ1) is 21.3. The number of hydrogen-bond acceptors (Lipinski definition) is 6. The van der Waals surface area contributed by atoms with Gasteiger partial charge in [-0.2, -0.15) is 5.10 Å². The number of rotatable bonds is 5. The van der Waals surface area contributed by atoms with Crippen LogP contribution in [0.25, 0.3) is 5.69 Å². The van der Waals surface area contributed by atoms with Gasteiger partial charge in [0.25, 0.3) is 5.91 Å². The Labute approximate surface area is 187 Å². The zero-order valence-electron chi connectivity index (χ0n) is 18.4. The normalized spacial score (nSPS) is 16.8. The first-order valence-electron chi connectivity index (χ1n) is 10.3. The average molecular weight is 431 g/mol.